The van der Waals surface area contributed by atoms with E-state index < -0.39 is 23.8 Å². The van der Waals surface area contributed by atoms with Crippen molar-refractivity contribution in [1.29, 1.82) is 0 Å². The number of hydrogen-bond donors (Lipinski definition) is 4. The van der Waals surface area contributed by atoms with E-state index in [0.717, 1.165) is 0 Å². The Morgan fingerprint density at radius 1 is 1.40 bits per heavy atom. The van der Waals surface area contributed by atoms with Crippen LogP contribution >= 0.6 is 0 Å². The fraction of sp³-hybridized carbons (Fsp3) is 0.556. The molecule has 0 aromatic rings. The van der Waals surface area contributed by atoms with Crippen LogP contribution in [-0.4, -0.2) is 29.6 Å². The highest BCUT2D eigenvalue weighted by molar-refractivity contribution is 5.93. The van der Waals surface area contributed by atoms with Gasteiger partial charge in [-0.05, 0) is 19.4 Å². The summed E-state index contributed by atoms with van der Waals surface area (Å²) in [4.78, 5) is 21.6. The van der Waals surface area contributed by atoms with E-state index >= 15 is 0 Å². The van der Waals surface area contributed by atoms with Gasteiger partial charge in [0.1, 0.15) is 6.04 Å². The summed E-state index contributed by atoms with van der Waals surface area (Å²) in [6.07, 6.45) is 0.962. The smallest absolute Gasteiger partial charge is 0.321 e. The minimum absolute atomic E-state index is 0.0401. The van der Waals surface area contributed by atoms with Crippen molar-refractivity contribution in [2.24, 2.45) is 23.1 Å². The zero-order valence-electron chi connectivity index (χ0n) is 8.48. The van der Waals surface area contributed by atoms with Gasteiger partial charge in [0.15, 0.2) is 0 Å². The Morgan fingerprint density at radius 3 is 2.27 bits per heavy atom. The summed E-state index contributed by atoms with van der Waals surface area (Å²) in [5, 5.41) is 8.73. The van der Waals surface area contributed by atoms with E-state index in [1.165, 1.54) is 0 Å². The number of amides is 1. The highest BCUT2D eigenvalue weighted by Gasteiger charge is 2.28. The fourth-order valence-electron chi connectivity index (χ4n) is 1.26. The van der Waals surface area contributed by atoms with Crippen molar-refractivity contribution in [2.45, 2.75) is 18.9 Å². The molecule has 1 amide bonds. The third kappa shape index (κ3) is 4.09. The molecule has 15 heavy (non-hydrogen) atoms. The quantitative estimate of drug-likeness (QED) is 0.396. The molecule has 0 aliphatic rings. The number of rotatable bonds is 7. The minimum Gasteiger partial charge on any atom is -0.480 e. The first-order valence-corrected chi connectivity index (χ1v) is 4.58. The zero-order chi connectivity index (χ0) is 12.0. The van der Waals surface area contributed by atoms with Crippen LogP contribution in [-0.2, 0) is 9.59 Å². The predicted octanol–water partition coefficient (Wildman–Crippen LogP) is -1.21. The molecule has 6 nitrogen and oxygen atoms in total. The summed E-state index contributed by atoms with van der Waals surface area (Å²) >= 11 is 0. The molecular weight excluding hydrogens is 198 g/mol. The predicted molar refractivity (Wildman–Crippen MR) is 55.7 cm³/mol. The molecule has 6 heteroatoms. The first kappa shape index (κ1) is 13.6. The number of primary amides is 1. The number of carbonyl (C=O) groups is 2. The number of carboxylic acid groups (broad SMARTS) is 1. The second kappa shape index (κ2) is 6.15. The van der Waals surface area contributed by atoms with Crippen LogP contribution in [0.3, 0.4) is 0 Å². The molecule has 0 rings (SSSR count). The molecule has 0 spiro atoms. The first-order chi connectivity index (χ1) is 6.91. The third-order valence-corrected chi connectivity index (χ3v) is 2.20. The lowest BCUT2D eigenvalue weighted by molar-refractivity contribution is -0.139. The van der Waals surface area contributed by atoms with Crippen LogP contribution in [0.1, 0.15) is 12.8 Å². The number of hydrogen-bond acceptors (Lipinski definition) is 4. The van der Waals surface area contributed by atoms with E-state index in [1.807, 2.05) is 0 Å². The average Bonchev–Trinajstić information content (AvgIpc) is 2.17. The second-order valence-corrected chi connectivity index (χ2v) is 3.29. The number of nitrogens with two attached hydrogens (primary N) is 3. The maximum absolute atomic E-state index is 10.9. The fourth-order valence-corrected chi connectivity index (χ4v) is 1.26. The standard InChI is InChI=1S/C9H17N3O3/c1-5(8(12)13)6(3-2-4-10)7(11)9(14)15/h6-7H,1-4,10-11H2,(H2,12,13)(H,14,15)/t6?,7-/m0/s1. The van der Waals surface area contributed by atoms with Crippen LogP contribution < -0.4 is 17.2 Å². The SMILES string of the molecule is C=C(C(N)=O)C(CCCN)[C@H](N)C(=O)O. The Bertz CT molecular complexity index is 265. The lowest BCUT2D eigenvalue weighted by atomic mass is 9.88. The van der Waals surface area contributed by atoms with E-state index in [0.29, 0.717) is 19.4 Å². The van der Waals surface area contributed by atoms with Gasteiger partial charge in [-0.3, -0.25) is 9.59 Å². The molecule has 0 radical (unpaired) electrons. The van der Waals surface area contributed by atoms with Crippen molar-refractivity contribution in [2.75, 3.05) is 6.54 Å². The van der Waals surface area contributed by atoms with Crippen LogP contribution in [0.2, 0.25) is 0 Å². The largest absolute Gasteiger partial charge is 0.480 e. The lowest BCUT2D eigenvalue weighted by Crippen LogP contribution is -2.41. The molecule has 0 saturated carbocycles. The monoisotopic (exact) mass is 215 g/mol. The van der Waals surface area contributed by atoms with Crippen LogP contribution in [0.5, 0.6) is 0 Å². The highest BCUT2D eigenvalue weighted by Crippen LogP contribution is 2.18. The Morgan fingerprint density at radius 2 is 1.93 bits per heavy atom. The van der Waals surface area contributed by atoms with Gasteiger partial charge < -0.3 is 22.3 Å². The lowest BCUT2D eigenvalue weighted by Gasteiger charge is -2.20. The highest BCUT2D eigenvalue weighted by atomic mass is 16.4. The van der Waals surface area contributed by atoms with Gasteiger partial charge >= 0.3 is 5.97 Å². The minimum atomic E-state index is -1.18. The normalized spacial score (nSPS) is 14.3. The summed E-state index contributed by atoms with van der Waals surface area (Å²) < 4.78 is 0. The molecule has 0 fully saturated rings. The Balaban J connectivity index is 4.64. The molecule has 0 aliphatic carbocycles. The van der Waals surface area contributed by atoms with Crippen molar-refractivity contribution in [3.05, 3.63) is 12.2 Å². The van der Waals surface area contributed by atoms with Crippen LogP contribution in [0, 0.1) is 5.92 Å². The van der Waals surface area contributed by atoms with Gasteiger partial charge in [0, 0.05) is 11.5 Å². The molecule has 86 valence electrons. The topological polar surface area (TPSA) is 132 Å². The molecule has 2 atom stereocenters. The Hall–Kier alpha value is -1.40. The Kier molecular flexibility index (Phi) is 5.58. The second-order valence-electron chi connectivity index (χ2n) is 3.29. The van der Waals surface area contributed by atoms with E-state index in [9.17, 15) is 9.59 Å². The third-order valence-electron chi connectivity index (χ3n) is 2.20. The maximum Gasteiger partial charge on any atom is 0.321 e. The van der Waals surface area contributed by atoms with Gasteiger partial charge in [-0.2, -0.15) is 0 Å². The molecule has 0 bridgehead atoms. The summed E-state index contributed by atoms with van der Waals surface area (Å²) in [5.74, 6) is -2.56. The molecule has 1 unspecified atom stereocenters. The summed E-state index contributed by atoms with van der Waals surface area (Å²) in [5.41, 5.74) is 15.8. The van der Waals surface area contributed by atoms with Crippen LogP contribution in [0.4, 0.5) is 0 Å². The van der Waals surface area contributed by atoms with Crippen molar-refractivity contribution in [1.82, 2.24) is 0 Å². The van der Waals surface area contributed by atoms with E-state index in [1.54, 1.807) is 0 Å². The Labute approximate surface area is 88.1 Å². The van der Waals surface area contributed by atoms with Gasteiger partial charge in [-0.15, -0.1) is 0 Å². The van der Waals surface area contributed by atoms with Crippen molar-refractivity contribution in [3.63, 3.8) is 0 Å². The molecule has 7 N–H and O–H groups in total. The van der Waals surface area contributed by atoms with Crippen LogP contribution in [0.25, 0.3) is 0 Å². The molecule has 0 aliphatic heterocycles. The van der Waals surface area contributed by atoms with Crippen molar-refractivity contribution < 1.29 is 14.7 Å². The summed E-state index contributed by atoms with van der Waals surface area (Å²) in [7, 11) is 0. The number of aliphatic carboxylic acids is 1. The van der Waals surface area contributed by atoms with E-state index in [-0.39, 0.29) is 5.57 Å². The van der Waals surface area contributed by atoms with Gasteiger partial charge in [-0.25, -0.2) is 0 Å². The molecule has 0 aromatic carbocycles. The van der Waals surface area contributed by atoms with Crippen molar-refractivity contribution in [3.8, 4) is 0 Å². The molecule has 0 saturated heterocycles. The molecule has 0 aromatic heterocycles. The molecular formula is C9H17N3O3. The number of carboxylic acids is 1. The average molecular weight is 215 g/mol. The van der Waals surface area contributed by atoms with E-state index in [2.05, 4.69) is 6.58 Å². The zero-order valence-corrected chi connectivity index (χ0v) is 8.48. The summed E-state index contributed by atoms with van der Waals surface area (Å²) in [6.45, 7) is 3.85. The van der Waals surface area contributed by atoms with Crippen LogP contribution in [0.15, 0.2) is 12.2 Å². The summed E-state index contributed by atoms with van der Waals surface area (Å²) in [6, 6.07) is -1.17. The van der Waals surface area contributed by atoms with Gasteiger partial charge in [0.25, 0.3) is 0 Å². The first-order valence-electron chi connectivity index (χ1n) is 4.58. The van der Waals surface area contributed by atoms with Gasteiger partial charge in [0.2, 0.25) is 5.91 Å². The van der Waals surface area contributed by atoms with Gasteiger partial charge in [-0.1, -0.05) is 6.58 Å². The van der Waals surface area contributed by atoms with E-state index in [4.69, 9.17) is 22.3 Å². The van der Waals surface area contributed by atoms with Gasteiger partial charge in [0.05, 0.1) is 0 Å². The number of carbonyl (C=O) groups excluding carboxylic acids is 1. The van der Waals surface area contributed by atoms with Crippen molar-refractivity contribution >= 4 is 11.9 Å². The maximum atomic E-state index is 10.9. The molecule has 0 heterocycles.